The van der Waals surface area contributed by atoms with E-state index in [0.29, 0.717) is 9.99 Å². The molecule has 0 aliphatic carbocycles. The fourth-order valence-electron chi connectivity index (χ4n) is 2.36. The molecule has 1 aliphatic rings. The third kappa shape index (κ3) is 3.60. The predicted octanol–water partition coefficient (Wildman–Crippen LogP) is 4.29. The van der Waals surface area contributed by atoms with Crippen LogP contribution in [0.2, 0.25) is 0 Å². The van der Waals surface area contributed by atoms with Crippen LogP contribution in [0.3, 0.4) is 0 Å². The van der Waals surface area contributed by atoms with Crippen LogP contribution in [-0.2, 0) is 4.74 Å². The lowest BCUT2D eigenvalue weighted by molar-refractivity contribution is 0.153. The summed E-state index contributed by atoms with van der Waals surface area (Å²) in [4.78, 5) is 4.44. The van der Waals surface area contributed by atoms with E-state index in [2.05, 4.69) is 32.3 Å². The number of hydrogen-bond donors (Lipinski definition) is 1. The number of halogens is 2. The van der Waals surface area contributed by atoms with E-state index in [-0.39, 0.29) is 5.82 Å². The van der Waals surface area contributed by atoms with Crippen molar-refractivity contribution in [2.24, 2.45) is 0 Å². The van der Waals surface area contributed by atoms with Gasteiger partial charge < -0.3 is 10.1 Å². The van der Waals surface area contributed by atoms with Gasteiger partial charge in [-0.1, -0.05) is 11.6 Å². The van der Waals surface area contributed by atoms with Crippen LogP contribution in [0.1, 0.15) is 12.8 Å². The van der Waals surface area contributed by atoms with Gasteiger partial charge in [0, 0.05) is 18.0 Å². The monoisotopic (exact) mass is 350 g/mol. The summed E-state index contributed by atoms with van der Waals surface area (Å²) in [6.45, 7) is 2.36. The van der Waals surface area contributed by atoms with Gasteiger partial charge in [0.15, 0.2) is 0 Å². The minimum absolute atomic E-state index is 0.292. The molecular weight excluding hydrogens is 335 g/mol. The first-order valence-corrected chi connectivity index (χ1v) is 7.77. The van der Waals surface area contributed by atoms with Crippen molar-refractivity contribution in [1.29, 1.82) is 0 Å². The molecule has 1 aromatic heterocycles. The summed E-state index contributed by atoms with van der Waals surface area (Å²) in [5, 5.41) is 4.21. The second kappa shape index (κ2) is 6.54. The van der Waals surface area contributed by atoms with E-state index in [0.717, 1.165) is 43.8 Å². The third-order valence-corrected chi connectivity index (χ3v) is 4.15. The molecular formula is C16H16BrFN2O. The van der Waals surface area contributed by atoms with Gasteiger partial charge in [-0.25, -0.2) is 9.37 Å². The molecule has 1 N–H and O–H groups in total. The topological polar surface area (TPSA) is 34.2 Å². The molecule has 0 amide bonds. The molecule has 110 valence electrons. The average Bonchev–Trinajstić information content (AvgIpc) is 2.50. The summed E-state index contributed by atoms with van der Waals surface area (Å²) in [6.07, 6.45) is 4.13. The molecule has 21 heavy (non-hydrogen) atoms. The van der Waals surface area contributed by atoms with E-state index in [1.54, 1.807) is 6.07 Å². The second-order valence-corrected chi connectivity index (χ2v) is 5.87. The zero-order valence-electron chi connectivity index (χ0n) is 11.5. The number of aromatic nitrogens is 1. The lowest BCUT2D eigenvalue weighted by Crippen LogP contribution is -2.09. The molecule has 3 nitrogen and oxygen atoms in total. The van der Waals surface area contributed by atoms with Crippen molar-refractivity contribution in [3.63, 3.8) is 0 Å². The highest BCUT2D eigenvalue weighted by Gasteiger charge is 2.06. The summed E-state index contributed by atoms with van der Waals surface area (Å²) in [7, 11) is 0. The quantitative estimate of drug-likeness (QED) is 0.835. The first kappa shape index (κ1) is 14.5. The summed E-state index contributed by atoms with van der Waals surface area (Å²) in [5.41, 5.74) is 2.08. The smallest absolute Gasteiger partial charge is 0.139 e. The molecule has 0 atom stereocenters. The van der Waals surface area contributed by atoms with E-state index in [1.165, 1.54) is 11.6 Å². The molecule has 0 radical (unpaired) electrons. The first-order chi connectivity index (χ1) is 10.2. The first-order valence-electron chi connectivity index (χ1n) is 6.98. The number of anilines is 1. The Balaban J connectivity index is 1.67. The number of rotatable bonds is 4. The van der Waals surface area contributed by atoms with E-state index in [1.807, 2.05) is 12.1 Å². The van der Waals surface area contributed by atoms with E-state index in [4.69, 9.17) is 4.74 Å². The number of hydrogen-bond acceptors (Lipinski definition) is 3. The van der Waals surface area contributed by atoms with Gasteiger partial charge in [0.25, 0.3) is 0 Å². The Morgan fingerprint density at radius 3 is 3.05 bits per heavy atom. The van der Waals surface area contributed by atoms with Crippen molar-refractivity contribution in [2.45, 2.75) is 12.8 Å². The highest BCUT2D eigenvalue weighted by Crippen LogP contribution is 2.23. The van der Waals surface area contributed by atoms with Crippen molar-refractivity contribution >= 4 is 32.7 Å². The summed E-state index contributed by atoms with van der Waals surface area (Å²) < 4.78 is 19.3. The maximum atomic E-state index is 13.5. The number of fused-ring (bicyclic) bond motifs is 1. The summed E-state index contributed by atoms with van der Waals surface area (Å²) in [5.74, 6) is 0.483. The Kier molecular flexibility index (Phi) is 4.51. The molecule has 1 aromatic carbocycles. The number of nitrogens with one attached hydrogen (secondary N) is 1. The van der Waals surface area contributed by atoms with Crippen molar-refractivity contribution in [3.05, 3.63) is 46.2 Å². The van der Waals surface area contributed by atoms with E-state index >= 15 is 0 Å². The van der Waals surface area contributed by atoms with Gasteiger partial charge in [0.05, 0.1) is 23.2 Å². The average molecular weight is 351 g/mol. The van der Waals surface area contributed by atoms with Crippen molar-refractivity contribution in [1.82, 2.24) is 4.98 Å². The molecule has 5 heteroatoms. The SMILES string of the molecule is Fc1cc2nc(NCCC3=CCOCC3)ccc2cc1Br. The van der Waals surface area contributed by atoms with Crippen LogP contribution >= 0.6 is 15.9 Å². The van der Waals surface area contributed by atoms with Crippen LogP contribution in [0.25, 0.3) is 10.9 Å². The number of nitrogens with zero attached hydrogens (tertiary/aromatic N) is 1. The summed E-state index contributed by atoms with van der Waals surface area (Å²) in [6, 6.07) is 7.06. The Labute approximate surface area is 131 Å². The predicted molar refractivity (Wildman–Crippen MR) is 86.0 cm³/mol. The number of benzene rings is 1. The maximum absolute atomic E-state index is 13.5. The Morgan fingerprint density at radius 2 is 2.24 bits per heavy atom. The molecule has 0 bridgehead atoms. The molecule has 2 heterocycles. The van der Waals surface area contributed by atoms with Crippen LogP contribution in [-0.4, -0.2) is 24.7 Å². The minimum Gasteiger partial charge on any atom is -0.377 e. The molecule has 0 spiro atoms. The van der Waals surface area contributed by atoms with Gasteiger partial charge in [-0.2, -0.15) is 0 Å². The number of ether oxygens (including phenoxy) is 1. The van der Waals surface area contributed by atoms with Gasteiger partial charge in [-0.05, 0) is 47.0 Å². The van der Waals surface area contributed by atoms with Gasteiger partial charge >= 0.3 is 0 Å². The van der Waals surface area contributed by atoms with Crippen LogP contribution < -0.4 is 5.32 Å². The van der Waals surface area contributed by atoms with Crippen LogP contribution in [0.4, 0.5) is 10.2 Å². The van der Waals surface area contributed by atoms with Crippen LogP contribution in [0.5, 0.6) is 0 Å². The van der Waals surface area contributed by atoms with Crippen LogP contribution in [0.15, 0.2) is 40.4 Å². The molecule has 1 aliphatic heterocycles. The van der Waals surface area contributed by atoms with Gasteiger partial charge in [0.1, 0.15) is 11.6 Å². The molecule has 0 fully saturated rings. The standard InChI is InChI=1S/C16H16BrFN2O/c17-13-9-12-1-2-16(20-15(12)10-14(13)18)19-6-3-11-4-7-21-8-5-11/h1-2,4,9-10H,3,5-8H2,(H,19,20). The van der Waals surface area contributed by atoms with Crippen molar-refractivity contribution < 1.29 is 9.13 Å². The highest BCUT2D eigenvalue weighted by molar-refractivity contribution is 9.10. The third-order valence-electron chi connectivity index (χ3n) is 3.54. The maximum Gasteiger partial charge on any atom is 0.139 e. The fraction of sp³-hybridized carbons (Fsp3) is 0.312. The van der Waals surface area contributed by atoms with E-state index < -0.39 is 0 Å². The molecule has 2 aromatic rings. The fourth-order valence-corrected chi connectivity index (χ4v) is 2.72. The molecule has 3 rings (SSSR count). The molecule has 0 unspecified atom stereocenters. The minimum atomic E-state index is -0.292. The Morgan fingerprint density at radius 1 is 1.33 bits per heavy atom. The Bertz CT molecular complexity index is 687. The molecule has 0 saturated heterocycles. The molecule has 0 saturated carbocycles. The highest BCUT2D eigenvalue weighted by atomic mass is 79.9. The number of pyridine rings is 1. The zero-order chi connectivity index (χ0) is 14.7. The summed E-state index contributed by atoms with van der Waals surface area (Å²) >= 11 is 3.19. The van der Waals surface area contributed by atoms with Gasteiger partial charge in [-0.3, -0.25) is 0 Å². The van der Waals surface area contributed by atoms with Gasteiger partial charge in [0.2, 0.25) is 0 Å². The lowest BCUT2D eigenvalue weighted by atomic mass is 10.1. The van der Waals surface area contributed by atoms with Crippen molar-refractivity contribution in [3.8, 4) is 0 Å². The van der Waals surface area contributed by atoms with E-state index in [9.17, 15) is 4.39 Å². The lowest BCUT2D eigenvalue weighted by Gasteiger charge is -2.14. The van der Waals surface area contributed by atoms with Crippen LogP contribution in [0, 0.1) is 5.82 Å². The largest absolute Gasteiger partial charge is 0.377 e. The van der Waals surface area contributed by atoms with Crippen molar-refractivity contribution in [2.75, 3.05) is 25.1 Å². The normalized spacial score (nSPS) is 15.0. The zero-order valence-corrected chi connectivity index (χ0v) is 13.1. The Hall–Kier alpha value is -1.46. The van der Waals surface area contributed by atoms with Gasteiger partial charge in [-0.15, -0.1) is 0 Å². The second-order valence-electron chi connectivity index (χ2n) is 5.02.